The van der Waals surface area contributed by atoms with E-state index in [0.717, 1.165) is 12.8 Å². The van der Waals surface area contributed by atoms with Crippen molar-refractivity contribution in [3.63, 3.8) is 0 Å². The van der Waals surface area contributed by atoms with Crippen molar-refractivity contribution >= 4 is 49.2 Å². The molecule has 50 heavy (non-hydrogen) atoms. The van der Waals surface area contributed by atoms with Gasteiger partial charge in [0.2, 0.25) is 0 Å². The third kappa shape index (κ3) is 4.64. The fraction of sp³-hybridized carbons (Fsp3) is 0.0417. The van der Waals surface area contributed by atoms with Gasteiger partial charge in [0.15, 0.2) is 0 Å². The second kappa shape index (κ2) is 11.6. The normalized spacial score (nSPS) is 13.1. The first-order chi connectivity index (χ1) is 24.8. The van der Waals surface area contributed by atoms with Crippen LogP contribution in [0.1, 0.15) is 18.4 Å². The van der Waals surface area contributed by atoms with Gasteiger partial charge in [-0.25, -0.2) is 0 Å². The molecule has 1 aliphatic carbocycles. The summed E-state index contributed by atoms with van der Waals surface area (Å²) in [6.07, 6.45) is 8.87. The van der Waals surface area contributed by atoms with E-state index in [2.05, 4.69) is 191 Å². The van der Waals surface area contributed by atoms with Gasteiger partial charge in [0.1, 0.15) is 0 Å². The highest BCUT2D eigenvalue weighted by molar-refractivity contribution is 6.12. The Morgan fingerprint density at radius 2 is 0.900 bits per heavy atom. The Morgan fingerprint density at radius 1 is 0.360 bits per heavy atom. The van der Waals surface area contributed by atoms with Gasteiger partial charge in [0.05, 0.1) is 22.1 Å². The molecular weight excluding hydrogens is 605 g/mol. The fourth-order valence-electron chi connectivity index (χ4n) is 8.00. The lowest BCUT2D eigenvalue weighted by molar-refractivity contribution is 1.05. The predicted molar refractivity (Wildman–Crippen MR) is 212 cm³/mol. The molecule has 0 aliphatic heterocycles. The largest absolute Gasteiger partial charge is 0.309 e. The van der Waals surface area contributed by atoms with Crippen LogP contribution >= 0.6 is 0 Å². The van der Waals surface area contributed by atoms with Crippen LogP contribution in [0.2, 0.25) is 0 Å². The standard InChI is InChI=1S/C48H34N2/c1-4-14-33(15-5-1)37-28-38(34-16-6-2-7-17-34)30-40(29-37)50-46-23-13-11-21-42(46)44-32-36(25-27-48(44)50)35-24-26-47-43(31-35)41-20-10-12-22-45(41)49(47)39-18-8-3-9-19-39/h1-6,8-16,18-32H,7,17H2. The van der Waals surface area contributed by atoms with E-state index in [0.29, 0.717) is 0 Å². The molecule has 0 fully saturated rings. The summed E-state index contributed by atoms with van der Waals surface area (Å²) in [6, 6.07) is 60.1. The van der Waals surface area contributed by atoms with E-state index >= 15 is 0 Å². The molecule has 2 heteroatoms. The molecule has 1 aliphatic rings. The maximum absolute atomic E-state index is 2.46. The number of aromatic nitrogens is 2. The lowest BCUT2D eigenvalue weighted by Crippen LogP contribution is -1.98. The van der Waals surface area contributed by atoms with Crippen LogP contribution in [0.5, 0.6) is 0 Å². The average Bonchev–Trinajstić information content (AvgIpc) is 3.71. The van der Waals surface area contributed by atoms with Crippen LogP contribution in [-0.4, -0.2) is 9.13 Å². The molecule has 0 amide bonds. The van der Waals surface area contributed by atoms with E-state index in [-0.39, 0.29) is 0 Å². The maximum atomic E-state index is 2.46. The summed E-state index contributed by atoms with van der Waals surface area (Å²) in [6.45, 7) is 0. The molecule has 0 unspecified atom stereocenters. The van der Waals surface area contributed by atoms with Crippen molar-refractivity contribution in [2.24, 2.45) is 0 Å². The monoisotopic (exact) mass is 638 g/mol. The molecule has 0 saturated carbocycles. The summed E-state index contributed by atoms with van der Waals surface area (Å²) in [7, 11) is 0. The molecular formula is C48H34N2. The number of fused-ring (bicyclic) bond motifs is 6. The fourth-order valence-corrected chi connectivity index (χ4v) is 8.00. The van der Waals surface area contributed by atoms with Crippen molar-refractivity contribution in [2.45, 2.75) is 12.8 Å². The Labute approximate surface area is 291 Å². The smallest absolute Gasteiger partial charge is 0.0541 e. The van der Waals surface area contributed by atoms with Crippen LogP contribution < -0.4 is 0 Å². The summed E-state index contributed by atoms with van der Waals surface area (Å²) in [4.78, 5) is 0. The van der Waals surface area contributed by atoms with E-state index < -0.39 is 0 Å². The van der Waals surface area contributed by atoms with Crippen LogP contribution in [0, 0.1) is 0 Å². The predicted octanol–water partition coefficient (Wildman–Crippen LogP) is 12.9. The average molecular weight is 639 g/mol. The van der Waals surface area contributed by atoms with Crippen molar-refractivity contribution in [3.8, 4) is 33.6 Å². The summed E-state index contributed by atoms with van der Waals surface area (Å²) in [5.41, 5.74) is 14.8. The lowest BCUT2D eigenvalue weighted by atomic mass is 9.93. The summed E-state index contributed by atoms with van der Waals surface area (Å²) >= 11 is 0. The molecule has 0 N–H and O–H groups in total. The zero-order chi connectivity index (χ0) is 33.0. The van der Waals surface area contributed by atoms with Crippen molar-refractivity contribution in [1.82, 2.24) is 9.13 Å². The molecule has 236 valence electrons. The van der Waals surface area contributed by atoms with E-state index in [4.69, 9.17) is 0 Å². The van der Waals surface area contributed by atoms with Crippen LogP contribution in [0.15, 0.2) is 182 Å². The number of allylic oxidation sites excluding steroid dienone is 4. The minimum atomic E-state index is 1.05. The lowest BCUT2D eigenvalue weighted by Gasteiger charge is -2.16. The Bertz CT molecular complexity index is 2790. The molecule has 10 rings (SSSR count). The Morgan fingerprint density at radius 3 is 1.52 bits per heavy atom. The molecule has 0 bridgehead atoms. The summed E-state index contributed by atoms with van der Waals surface area (Å²) < 4.78 is 4.84. The van der Waals surface area contributed by atoms with Crippen molar-refractivity contribution < 1.29 is 0 Å². The Kier molecular flexibility index (Phi) is 6.67. The minimum absolute atomic E-state index is 1.05. The molecule has 2 nitrogen and oxygen atoms in total. The van der Waals surface area contributed by atoms with Crippen LogP contribution in [0.4, 0.5) is 0 Å². The molecule has 0 radical (unpaired) electrons. The number of hydrogen-bond donors (Lipinski definition) is 0. The van der Waals surface area contributed by atoms with Crippen molar-refractivity contribution in [3.05, 3.63) is 188 Å². The van der Waals surface area contributed by atoms with Gasteiger partial charge in [-0.3, -0.25) is 0 Å². The quantitative estimate of drug-likeness (QED) is 0.178. The van der Waals surface area contributed by atoms with Gasteiger partial charge >= 0.3 is 0 Å². The van der Waals surface area contributed by atoms with Gasteiger partial charge < -0.3 is 9.13 Å². The number of nitrogens with zero attached hydrogens (tertiary/aromatic N) is 2. The first-order valence-electron chi connectivity index (χ1n) is 17.5. The topological polar surface area (TPSA) is 9.86 Å². The van der Waals surface area contributed by atoms with Crippen LogP contribution in [0.3, 0.4) is 0 Å². The van der Waals surface area contributed by atoms with Gasteiger partial charge in [-0.15, -0.1) is 0 Å². The number of hydrogen-bond acceptors (Lipinski definition) is 0. The maximum Gasteiger partial charge on any atom is 0.0541 e. The molecule has 2 aromatic heterocycles. The van der Waals surface area contributed by atoms with Crippen LogP contribution in [-0.2, 0) is 0 Å². The summed E-state index contributed by atoms with van der Waals surface area (Å²) in [5.74, 6) is 0. The van der Waals surface area contributed by atoms with E-state index in [1.807, 2.05) is 0 Å². The Balaban J connectivity index is 1.17. The first kappa shape index (κ1) is 28.6. The van der Waals surface area contributed by atoms with E-state index in [1.54, 1.807) is 0 Å². The highest BCUT2D eigenvalue weighted by atomic mass is 15.0. The van der Waals surface area contributed by atoms with Crippen molar-refractivity contribution in [1.29, 1.82) is 0 Å². The van der Waals surface area contributed by atoms with Gasteiger partial charge in [0, 0.05) is 32.9 Å². The number of para-hydroxylation sites is 3. The summed E-state index contributed by atoms with van der Waals surface area (Å²) in [5, 5.41) is 5.05. The van der Waals surface area contributed by atoms with Gasteiger partial charge in [-0.2, -0.15) is 0 Å². The zero-order valence-electron chi connectivity index (χ0n) is 27.6. The second-order valence-corrected chi connectivity index (χ2v) is 13.3. The third-order valence-electron chi connectivity index (χ3n) is 10.4. The second-order valence-electron chi connectivity index (χ2n) is 13.3. The van der Waals surface area contributed by atoms with Crippen LogP contribution in [0.25, 0.3) is 82.8 Å². The number of benzene rings is 7. The third-order valence-corrected chi connectivity index (χ3v) is 10.4. The molecule has 0 saturated heterocycles. The highest BCUT2D eigenvalue weighted by Crippen LogP contribution is 2.39. The van der Waals surface area contributed by atoms with Gasteiger partial charge in [-0.05, 0) is 113 Å². The van der Waals surface area contributed by atoms with Gasteiger partial charge in [-0.1, -0.05) is 115 Å². The zero-order valence-corrected chi connectivity index (χ0v) is 27.6. The number of rotatable bonds is 5. The minimum Gasteiger partial charge on any atom is -0.309 e. The molecule has 2 heterocycles. The Hall–Kier alpha value is -6.38. The SMILES string of the molecule is C1=CCCC(c2cc(-c3ccccc3)cc(-n3c4ccccc4c4cc(-c5ccc6c(c5)c5ccccc5n6-c5ccccc5)ccc43)c2)=C1. The molecule has 7 aromatic carbocycles. The van der Waals surface area contributed by atoms with Crippen molar-refractivity contribution in [2.75, 3.05) is 0 Å². The van der Waals surface area contributed by atoms with E-state index in [1.165, 1.54) is 88.4 Å². The molecule has 0 atom stereocenters. The first-order valence-corrected chi connectivity index (χ1v) is 17.5. The molecule has 0 spiro atoms. The highest BCUT2D eigenvalue weighted by Gasteiger charge is 2.17. The van der Waals surface area contributed by atoms with E-state index in [9.17, 15) is 0 Å². The molecule has 9 aromatic rings. The van der Waals surface area contributed by atoms with Gasteiger partial charge in [0.25, 0.3) is 0 Å².